The van der Waals surface area contributed by atoms with Crippen LogP contribution in [0.5, 0.6) is 0 Å². The fraction of sp³-hybridized carbons (Fsp3) is 0.600. The van der Waals surface area contributed by atoms with Gasteiger partial charge in [0, 0.05) is 29.9 Å². The van der Waals surface area contributed by atoms with Crippen molar-refractivity contribution in [2.75, 3.05) is 6.54 Å². The molecule has 1 saturated carbocycles. The first kappa shape index (κ1) is 16.9. The Bertz CT molecular complexity index is 856. The van der Waals surface area contributed by atoms with Crippen molar-refractivity contribution in [1.29, 1.82) is 0 Å². The molecular weight excluding hydrogens is 334 g/mol. The van der Waals surface area contributed by atoms with E-state index in [1.54, 1.807) is 0 Å². The van der Waals surface area contributed by atoms with Gasteiger partial charge in [-0.3, -0.25) is 9.20 Å². The van der Waals surface area contributed by atoms with Crippen molar-refractivity contribution in [3.8, 4) is 0 Å². The van der Waals surface area contributed by atoms with Gasteiger partial charge in [-0.25, -0.2) is 4.98 Å². The quantitative estimate of drug-likeness (QED) is 0.786. The number of carbonyl (C=O) groups is 1. The molecule has 0 N–H and O–H groups in total. The van der Waals surface area contributed by atoms with Crippen molar-refractivity contribution in [3.63, 3.8) is 0 Å². The van der Waals surface area contributed by atoms with Crippen LogP contribution in [0, 0.1) is 10.8 Å². The predicted octanol–water partition coefficient (Wildman–Crippen LogP) is 4.59. The third kappa shape index (κ3) is 2.75. The number of nitrogens with zero attached hydrogens (tertiary/aromatic N) is 3. The molecule has 4 nitrogen and oxygen atoms in total. The number of rotatable bonds is 2. The number of aryl methyl sites for hydroxylation is 1. The second kappa shape index (κ2) is 5.47. The summed E-state index contributed by atoms with van der Waals surface area (Å²) in [6.45, 7) is 9.90. The Morgan fingerprint density at radius 1 is 1.36 bits per heavy atom. The lowest BCUT2D eigenvalue weighted by Crippen LogP contribution is -2.38. The van der Waals surface area contributed by atoms with Crippen LogP contribution in [0.25, 0.3) is 5.65 Å². The molecule has 2 fully saturated rings. The summed E-state index contributed by atoms with van der Waals surface area (Å²) in [5, 5.41) is 0.644. The maximum atomic E-state index is 13.5. The smallest absolute Gasteiger partial charge is 0.273 e. The van der Waals surface area contributed by atoms with Gasteiger partial charge < -0.3 is 4.90 Å². The Labute approximate surface area is 154 Å². The molecule has 4 rings (SSSR count). The van der Waals surface area contributed by atoms with E-state index in [2.05, 4.69) is 30.7 Å². The average molecular weight is 360 g/mol. The highest BCUT2D eigenvalue weighted by molar-refractivity contribution is 6.30. The average Bonchev–Trinajstić information content (AvgIpc) is 2.99. The van der Waals surface area contributed by atoms with Gasteiger partial charge in [-0.15, -0.1) is 0 Å². The van der Waals surface area contributed by atoms with Crippen molar-refractivity contribution < 1.29 is 4.79 Å². The monoisotopic (exact) mass is 359 g/mol. The highest BCUT2D eigenvalue weighted by Crippen LogP contribution is 2.52. The molecule has 1 saturated heterocycles. The summed E-state index contributed by atoms with van der Waals surface area (Å²) in [6.07, 6.45) is 5.99. The fourth-order valence-electron chi connectivity index (χ4n) is 5.37. The van der Waals surface area contributed by atoms with Crippen molar-refractivity contribution in [2.45, 2.75) is 59.4 Å². The number of carbonyl (C=O) groups excluding carboxylic acids is 1. The van der Waals surface area contributed by atoms with E-state index in [0.29, 0.717) is 22.2 Å². The summed E-state index contributed by atoms with van der Waals surface area (Å²) >= 11 is 6.10. The van der Waals surface area contributed by atoms with E-state index in [4.69, 9.17) is 11.6 Å². The minimum Gasteiger partial charge on any atom is -0.334 e. The van der Waals surface area contributed by atoms with Gasteiger partial charge in [0.2, 0.25) is 0 Å². The van der Waals surface area contributed by atoms with E-state index in [1.165, 1.54) is 6.42 Å². The van der Waals surface area contributed by atoms with Crippen LogP contribution < -0.4 is 0 Å². The maximum absolute atomic E-state index is 13.5. The summed E-state index contributed by atoms with van der Waals surface area (Å²) in [7, 11) is 0. The van der Waals surface area contributed by atoms with Crippen molar-refractivity contribution in [2.24, 2.45) is 10.8 Å². The highest BCUT2D eigenvalue weighted by atomic mass is 35.5. The zero-order valence-corrected chi connectivity index (χ0v) is 16.2. The molecule has 2 unspecified atom stereocenters. The van der Waals surface area contributed by atoms with Gasteiger partial charge in [0.05, 0.1) is 5.69 Å². The molecule has 2 aromatic heterocycles. The zero-order chi connectivity index (χ0) is 18.0. The lowest BCUT2D eigenvalue weighted by molar-refractivity contribution is 0.0700. The number of aromatic nitrogens is 2. The first-order chi connectivity index (χ1) is 11.7. The Balaban J connectivity index is 1.76. The van der Waals surface area contributed by atoms with Crippen LogP contribution in [-0.2, 0) is 6.42 Å². The minimum atomic E-state index is 0.123. The summed E-state index contributed by atoms with van der Waals surface area (Å²) in [6, 6.07) is 3.98. The van der Waals surface area contributed by atoms with Gasteiger partial charge in [-0.1, -0.05) is 39.3 Å². The van der Waals surface area contributed by atoms with E-state index in [1.807, 2.05) is 29.7 Å². The van der Waals surface area contributed by atoms with E-state index in [0.717, 1.165) is 37.1 Å². The zero-order valence-electron chi connectivity index (χ0n) is 15.5. The summed E-state index contributed by atoms with van der Waals surface area (Å²) in [5.74, 6) is 0.123. The number of hydrogen-bond acceptors (Lipinski definition) is 2. The van der Waals surface area contributed by atoms with Gasteiger partial charge in [0.1, 0.15) is 11.3 Å². The van der Waals surface area contributed by atoms with Crippen molar-refractivity contribution in [3.05, 3.63) is 34.7 Å². The molecule has 3 heterocycles. The molecule has 0 spiro atoms. The number of likely N-dealkylation sites (tertiary alicyclic amines) is 1. The van der Waals surface area contributed by atoms with E-state index >= 15 is 0 Å². The number of hydrogen-bond donors (Lipinski definition) is 0. The molecule has 134 valence electrons. The molecule has 2 atom stereocenters. The first-order valence-corrected chi connectivity index (χ1v) is 9.57. The molecule has 0 radical (unpaired) electrons. The summed E-state index contributed by atoms with van der Waals surface area (Å²) in [5.41, 5.74) is 2.86. The maximum Gasteiger partial charge on any atom is 0.273 e. The molecule has 5 heteroatoms. The van der Waals surface area contributed by atoms with Crippen LogP contribution in [-0.4, -0.2) is 32.8 Å². The van der Waals surface area contributed by atoms with Gasteiger partial charge in [-0.2, -0.15) is 0 Å². The number of imidazole rings is 1. The highest BCUT2D eigenvalue weighted by Gasteiger charge is 2.51. The van der Waals surface area contributed by atoms with Gasteiger partial charge >= 0.3 is 0 Å². The molecule has 2 aromatic rings. The van der Waals surface area contributed by atoms with Crippen LogP contribution in [0.3, 0.4) is 0 Å². The Hall–Kier alpha value is -1.55. The standard InChI is InChI=1S/C20H26ClN3O/c1-5-15-17(23-7-6-13(21)8-16(23)22-15)18(25)24-12-20(4)10-14(24)9-19(2,3)11-20/h6-8,14H,5,9-12H2,1-4H3. The van der Waals surface area contributed by atoms with E-state index in [-0.39, 0.29) is 11.3 Å². The number of pyridine rings is 1. The minimum absolute atomic E-state index is 0.123. The number of fused-ring (bicyclic) bond motifs is 3. The van der Waals surface area contributed by atoms with E-state index in [9.17, 15) is 4.79 Å². The number of halogens is 1. The largest absolute Gasteiger partial charge is 0.334 e. The van der Waals surface area contributed by atoms with Crippen LogP contribution in [0.1, 0.15) is 63.1 Å². The molecule has 2 aliphatic rings. The Morgan fingerprint density at radius 2 is 2.12 bits per heavy atom. The van der Waals surface area contributed by atoms with Gasteiger partial charge in [0.25, 0.3) is 5.91 Å². The second-order valence-electron chi connectivity index (χ2n) is 8.98. The molecular formula is C20H26ClN3O. The normalized spacial score (nSPS) is 27.9. The molecule has 0 aromatic carbocycles. The number of amides is 1. The van der Waals surface area contributed by atoms with Crippen LogP contribution >= 0.6 is 11.6 Å². The topological polar surface area (TPSA) is 37.6 Å². The molecule has 1 amide bonds. The summed E-state index contributed by atoms with van der Waals surface area (Å²) in [4.78, 5) is 20.3. The van der Waals surface area contributed by atoms with E-state index < -0.39 is 0 Å². The lowest BCUT2D eigenvalue weighted by atomic mass is 9.65. The Morgan fingerprint density at radius 3 is 2.84 bits per heavy atom. The van der Waals surface area contributed by atoms with Crippen LogP contribution in [0.15, 0.2) is 18.3 Å². The third-order valence-corrected chi connectivity index (χ3v) is 6.11. The first-order valence-electron chi connectivity index (χ1n) is 9.19. The van der Waals surface area contributed by atoms with Gasteiger partial charge in [0.15, 0.2) is 0 Å². The SMILES string of the molecule is CCc1nc2cc(Cl)ccn2c1C(=O)N1CC2(C)CC1CC(C)(C)C2. The molecule has 1 aliphatic carbocycles. The van der Waals surface area contributed by atoms with Crippen molar-refractivity contribution >= 4 is 23.2 Å². The molecule has 25 heavy (non-hydrogen) atoms. The van der Waals surface area contributed by atoms with Crippen LogP contribution in [0.2, 0.25) is 5.02 Å². The summed E-state index contributed by atoms with van der Waals surface area (Å²) < 4.78 is 1.91. The van der Waals surface area contributed by atoms with Crippen LogP contribution in [0.4, 0.5) is 0 Å². The van der Waals surface area contributed by atoms with Crippen molar-refractivity contribution in [1.82, 2.24) is 14.3 Å². The fourth-order valence-corrected chi connectivity index (χ4v) is 5.53. The lowest BCUT2D eigenvalue weighted by Gasteiger charge is -2.39. The van der Waals surface area contributed by atoms with Gasteiger partial charge in [-0.05, 0) is 42.6 Å². The Kier molecular flexibility index (Phi) is 3.70. The molecule has 1 aliphatic heterocycles. The molecule has 2 bridgehead atoms. The predicted molar refractivity (Wildman–Crippen MR) is 100 cm³/mol. The second-order valence-corrected chi connectivity index (χ2v) is 9.42. The third-order valence-electron chi connectivity index (χ3n) is 5.87.